The Labute approximate surface area is 200 Å². The van der Waals surface area contributed by atoms with Crippen LogP contribution in [0, 0.1) is 27.7 Å². The van der Waals surface area contributed by atoms with E-state index in [2.05, 4.69) is 42.3 Å². The molecule has 0 aliphatic heterocycles. The Morgan fingerprint density at radius 2 is 1.74 bits per heavy atom. The number of rotatable bonds is 4. The highest BCUT2D eigenvalue weighted by Crippen LogP contribution is 2.31. The largest absolute Gasteiger partial charge is 0.325 e. The molecule has 3 aromatic heterocycles. The molecule has 7 heteroatoms. The Kier molecular flexibility index (Phi) is 5.49. The van der Waals surface area contributed by atoms with Crippen molar-refractivity contribution in [2.24, 2.45) is 0 Å². The van der Waals surface area contributed by atoms with Crippen molar-refractivity contribution in [3.63, 3.8) is 0 Å². The molecule has 0 atom stereocenters. The van der Waals surface area contributed by atoms with E-state index in [1.807, 2.05) is 44.2 Å². The van der Waals surface area contributed by atoms with Gasteiger partial charge in [0.1, 0.15) is 16.1 Å². The Balaban J connectivity index is 1.47. The molecule has 0 bridgehead atoms. The van der Waals surface area contributed by atoms with E-state index in [1.165, 1.54) is 33.4 Å². The van der Waals surface area contributed by atoms with E-state index in [0.29, 0.717) is 10.2 Å². The van der Waals surface area contributed by atoms with Gasteiger partial charge in [-0.15, -0.1) is 11.3 Å². The molecule has 170 valence electrons. The Bertz CT molecular complexity index is 1630. The van der Waals surface area contributed by atoms with Crippen LogP contribution >= 0.6 is 11.3 Å². The van der Waals surface area contributed by atoms with Crippen LogP contribution < -0.4 is 10.9 Å². The lowest BCUT2D eigenvalue weighted by atomic mass is 10.0. The number of pyridine rings is 1. The van der Waals surface area contributed by atoms with Gasteiger partial charge in [-0.1, -0.05) is 18.2 Å². The summed E-state index contributed by atoms with van der Waals surface area (Å²) >= 11 is 1.31. The number of fused-ring (bicyclic) bond motifs is 3. The van der Waals surface area contributed by atoms with Crippen LogP contribution in [0.15, 0.2) is 59.7 Å². The molecule has 5 aromatic rings. The number of thiophene rings is 1. The van der Waals surface area contributed by atoms with Crippen LogP contribution in [0.1, 0.15) is 22.3 Å². The highest BCUT2D eigenvalue weighted by Gasteiger charge is 2.15. The fourth-order valence-electron chi connectivity index (χ4n) is 4.13. The Morgan fingerprint density at radius 3 is 2.47 bits per heavy atom. The van der Waals surface area contributed by atoms with Gasteiger partial charge in [-0.2, -0.15) is 0 Å². The number of amides is 1. The molecule has 6 nitrogen and oxygen atoms in total. The molecular formula is C27H24N4O2S. The normalized spacial score (nSPS) is 11.3. The van der Waals surface area contributed by atoms with Gasteiger partial charge in [0.15, 0.2) is 0 Å². The summed E-state index contributed by atoms with van der Waals surface area (Å²) in [4.78, 5) is 35.8. The van der Waals surface area contributed by atoms with Crippen LogP contribution in [0.3, 0.4) is 0 Å². The van der Waals surface area contributed by atoms with Crippen molar-refractivity contribution in [2.75, 3.05) is 5.32 Å². The molecule has 5 rings (SSSR count). The van der Waals surface area contributed by atoms with E-state index in [4.69, 9.17) is 4.98 Å². The highest BCUT2D eigenvalue weighted by molar-refractivity contribution is 7.25. The van der Waals surface area contributed by atoms with E-state index >= 15 is 0 Å². The Morgan fingerprint density at radius 1 is 0.971 bits per heavy atom. The lowest BCUT2D eigenvalue weighted by Gasteiger charge is -2.09. The number of nitrogens with one attached hydrogen (secondary N) is 1. The highest BCUT2D eigenvalue weighted by atomic mass is 32.1. The SMILES string of the molecule is Cc1cc(C)cc(NC(=O)Cn2cnc3c(sc4nc(-c5ccc(C)c(C)c5)ccc43)c2=O)c1. The molecule has 0 unspecified atom stereocenters. The van der Waals surface area contributed by atoms with Gasteiger partial charge >= 0.3 is 0 Å². The van der Waals surface area contributed by atoms with Crippen LogP contribution in [0.4, 0.5) is 5.69 Å². The van der Waals surface area contributed by atoms with E-state index in [-0.39, 0.29) is 18.0 Å². The van der Waals surface area contributed by atoms with Gasteiger partial charge in [0.05, 0.1) is 17.5 Å². The molecule has 2 aromatic carbocycles. The maximum atomic E-state index is 13.2. The number of carbonyl (C=O) groups is 1. The molecule has 0 aliphatic rings. The summed E-state index contributed by atoms with van der Waals surface area (Å²) in [5, 5.41) is 3.72. The summed E-state index contributed by atoms with van der Waals surface area (Å²) < 4.78 is 1.85. The molecule has 34 heavy (non-hydrogen) atoms. The number of aryl methyl sites for hydroxylation is 4. The zero-order valence-electron chi connectivity index (χ0n) is 19.5. The fourth-order valence-corrected chi connectivity index (χ4v) is 5.20. The summed E-state index contributed by atoms with van der Waals surface area (Å²) in [6, 6.07) is 16.0. The molecule has 3 heterocycles. The molecule has 0 saturated heterocycles. The second-order valence-electron chi connectivity index (χ2n) is 8.73. The monoisotopic (exact) mass is 468 g/mol. The van der Waals surface area contributed by atoms with E-state index in [1.54, 1.807) is 0 Å². The lowest BCUT2D eigenvalue weighted by molar-refractivity contribution is -0.116. The molecule has 0 radical (unpaired) electrons. The Hall–Kier alpha value is -3.84. The first-order valence-electron chi connectivity index (χ1n) is 11.0. The first kappa shape index (κ1) is 22.0. The number of anilines is 1. The predicted molar refractivity (Wildman–Crippen MR) is 139 cm³/mol. The molecule has 0 fully saturated rings. The van der Waals surface area contributed by atoms with Gasteiger partial charge in [-0.05, 0) is 80.3 Å². The van der Waals surface area contributed by atoms with Crippen molar-refractivity contribution in [3.8, 4) is 11.3 Å². The zero-order valence-corrected chi connectivity index (χ0v) is 20.3. The minimum Gasteiger partial charge on any atom is -0.325 e. The minimum atomic E-state index is -0.274. The number of benzene rings is 2. The van der Waals surface area contributed by atoms with Crippen LogP contribution in [0.5, 0.6) is 0 Å². The van der Waals surface area contributed by atoms with Crippen LogP contribution in [-0.4, -0.2) is 20.4 Å². The number of hydrogen-bond donors (Lipinski definition) is 1. The standard InChI is InChI=1S/C27H24N4O2S/c1-15-9-16(2)11-20(10-15)29-23(32)13-31-14-28-24-21-7-8-22(19-6-5-17(3)18(4)12-19)30-26(21)34-25(24)27(31)33/h5-12,14H,13H2,1-4H3,(H,29,32). The average molecular weight is 469 g/mol. The van der Waals surface area contributed by atoms with Crippen LogP contribution in [0.2, 0.25) is 0 Å². The number of hydrogen-bond acceptors (Lipinski definition) is 5. The van der Waals surface area contributed by atoms with Gasteiger partial charge in [0.25, 0.3) is 5.56 Å². The summed E-state index contributed by atoms with van der Waals surface area (Å²) in [7, 11) is 0. The number of carbonyl (C=O) groups excluding carboxylic acids is 1. The first-order valence-corrected chi connectivity index (χ1v) is 11.8. The third-order valence-electron chi connectivity index (χ3n) is 5.93. The van der Waals surface area contributed by atoms with Crippen molar-refractivity contribution in [1.82, 2.24) is 14.5 Å². The summed E-state index contributed by atoms with van der Waals surface area (Å²) in [5.74, 6) is -0.274. The molecule has 1 amide bonds. The third kappa shape index (κ3) is 4.10. The van der Waals surface area contributed by atoms with Gasteiger partial charge in [0.2, 0.25) is 5.91 Å². The van der Waals surface area contributed by atoms with Crippen molar-refractivity contribution in [2.45, 2.75) is 34.2 Å². The van der Waals surface area contributed by atoms with Crippen molar-refractivity contribution in [1.29, 1.82) is 0 Å². The quantitative estimate of drug-likeness (QED) is 0.375. The molecule has 0 saturated carbocycles. The van der Waals surface area contributed by atoms with E-state index in [9.17, 15) is 9.59 Å². The number of aromatic nitrogens is 3. The minimum absolute atomic E-state index is 0.107. The second kappa shape index (κ2) is 8.50. The predicted octanol–water partition coefficient (Wildman–Crippen LogP) is 5.55. The van der Waals surface area contributed by atoms with E-state index < -0.39 is 0 Å². The van der Waals surface area contributed by atoms with Crippen molar-refractivity contribution < 1.29 is 4.79 Å². The van der Waals surface area contributed by atoms with Crippen LogP contribution in [-0.2, 0) is 11.3 Å². The van der Waals surface area contributed by atoms with Crippen molar-refractivity contribution >= 4 is 43.4 Å². The maximum absolute atomic E-state index is 13.2. The van der Waals surface area contributed by atoms with Gasteiger partial charge in [-0.3, -0.25) is 14.2 Å². The summed E-state index contributed by atoms with van der Waals surface area (Å²) in [6.07, 6.45) is 1.44. The summed E-state index contributed by atoms with van der Waals surface area (Å²) in [5.41, 5.74) is 7.56. The lowest BCUT2D eigenvalue weighted by Crippen LogP contribution is -2.27. The average Bonchev–Trinajstić information content (AvgIpc) is 3.15. The van der Waals surface area contributed by atoms with Gasteiger partial charge in [-0.25, -0.2) is 9.97 Å². The molecular weight excluding hydrogens is 444 g/mol. The molecule has 0 spiro atoms. The summed E-state index contributed by atoms with van der Waals surface area (Å²) in [6.45, 7) is 8.02. The topological polar surface area (TPSA) is 76.9 Å². The molecule has 1 N–H and O–H groups in total. The number of nitrogens with zero attached hydrogens (tertiary/aromatic N) is 3. The zero-order chi connectivity index (χ0) is 24.0. The van der Waals surface area contributed by atoms with Gasteiger partial charge < -0.3 is 5.32 Å². The van der Waals surface area contributed by atoms with Gasteiger partial charge in [0, 0.05) is 16.6 Å². The van der Waals surface area contributed by atoms with Crippen molar-refractivity contribution in [3.05, 3.63) is 87.5 Å². The van der Waals surface area contributed by atoms with Crippen LogP contribution in [0.25, 0.3) is 31.7 Å². The third-order valence-corrected chi connectivity index (χ3v) is 7.01. The smallest absolute Gasteiger partial charge is 0.271 e. The van der Waals surface area contributed by atoms with E-state index in [0.717, 1.165) is 38.3 Å². The molecule has 0 aliphatic carbocycles. The maximum Gasteiger partial charge on any atom is 0.271 e. The second-order valence-corrected chi connectivity index (χ2v) is 9.73. The first-order chi connectivity index (χ1) is 16.3. The fraction of sp³-hybridized carbons (Fsp3) is 0.185.